The van der Waals surface area contributed by atoms with E-state index in [-0.39, 0.29) is 32.8 Å². The van der Waals surface area contributed by atoms with Gasteiger partial charge in [0, 0.05) is 0 Å². The van der Waals surface area contributed by atoms with Gasteiger partial charge in [-0.25, -0.2) is 38.4 Å². The van der Waals surface area contributed by atoms with E-state index in [4.69, 9.17) is 18.9 Å². The van der Waals surface area contributed by atoms with Crippen LogP contribution in [0.4, 0.5) is 0 Å². The summed E-state index contributed by atoms with van der Waals surface area (Å²) in [5, 5.41) is 0. The van der Waals surface area contributed by atoms with Gasteiger partial charge in [-0.15, -0.1) is 17.6 Å². The van der Waals surface area contributed by atoms with E-state index in [9.17, 15) is 72.0 Å². The monoisotopic (exact) mass is 1360 g/mol. The first kappa shape index (κ1) is 81.1. The topological polar surface area (TPSA) is 396 Å². The molecule has 0 aliphatic heterocycles. The summed E-state index contributed by atoms with van der Waals surface area (Å²) < 4.78 is 149. The molecule has 0 N–H and O–H groups in total. The predicted octanol–water partition coefficient (Wildman–Crippen LogP) is 6.56. The molecule has 92 heavy (non-hydrogen) atoms. The number of methoxy groups -OCH3 is 2. The van der Waals surface area contributed by atoms with Crippen LogP contribution in [0.1, 0.15) is 105 Å². The van der Waals surface area contributed by atoms with Crippen LogP contribution in [-0.2, 0) is 116 Å². The van der Waals surface area contributed by atoms with Gasteiger partial charge < -0.3 is 37.9 Å². The number of hydrogen-bond donors (Lipinski definition) is 0. The lowest BCUT2D eigenvalue weighted by atomic mass is 10.2. The summed E-state index contributed by atoms with van der Waals surface area (Å²) in [6, 6.07) is 23.3. The normalized spacial score (nSPS) is 11.3. The van der Waals surface area contributed by atoms with Crippen LogP contribution in [0.2, 0.25) is 0 Å². The van der Waals surface area contributed by atoms with Gasteiger partial charge in [-0.05, 0) is 159 Å². The highest BCUT2D eigenvalue weighted by Crippen LogP contribution is 2.20. The quantitative estimate of drug-likeness (QED) is 0.0391. The van der Waals surface area contributed by atoms with Crippen molar-refractivity contribution in [3.05, 3.63) is 119 Å². The molecule has 0 amide bonds. The summed E-state index contributed by atoms with van der Waals surface area (Å²) in [5.74, 6) is -9.28. The number of aryl methyl sites for hydroxylation is 4. The van der Waals surface area contributed by atoms with Crippen LogP contribution in [-0.4, -0.2) is 155 Å². The number of carbonyl (C=O) groups excluding carboxylic acids is 8. The molecule has 0 saturated carbocycles. The fourth-order valence-corrected chi connectivity index (χ4v) is 9.85. The summed E-state index contributed by atoms with van der Waals surface area (Å²) in [7, 11) is -15.0. The van der Waals surface area contributed by atoms with Crippen molar-refractivity contribution in [2.24, 2.45) is 17.6 Å². The van der Waals surface area contributed by atoms with Gasteiger partial charge in [0.2, 0.25) is 22.8 Å². The third-order valence-corrected chi connectivity index (χ3v) is 15.2. The largest absolute Gasteiger partial charge is 0.464 e. The van der Waals surface area contributed by atoms with Gasteiger partial charge in [-0.3, -0.25) is 0 Å². The second kappa shape index (κ2) is 35.6. The maximum atomic E-state index is 12.5. The number of nitrogens with zero attached hydrogens (tertiary/aromatic N) is 4. The maximum Gasteiger partial charge on any atom is 0.366 e. The van der Waals surface area contributed by atoms with Crippen molar-refractivity contribution in [2.75, 3.05) is 27.4 Å². The molecular weight excluding hydrogens is 1290 g/mol. The van der Waals surface area contributed by atoms with Crippen LogP contribution >= 0.6 is 0 Å². The van der Waals surface area contributed by atoms with Crippen LogP contribution in [0.15, 0.2) is 134 Å². The molecule has 0 bridgehead atoms. The number of rotatable bonds is 20. The standard InChI is InChI=1S/C18H25NO6S.C16H21NO6S.C14H17NO6S.C12H13NO6S/c1-12-8-10-13(11-9-12)26(22,23)19-14(15(20)24-17(2,3)4)16(21)25-18(5,6)7;1-10(2)22-15(18)14(16(19)23-11(3)4)17-24(20,21)13-8-6-12(5)7-9-13;1-4-20-13(16)12(14(17)21-5-2)15-22(18,19)11-8-6-10(3)7-9-11;1-8-4-6-9(7-5-8)20(16,17)13-10(11(14)18-2)12(15)19-3/h8-11H,1-7H3;6-11H,1-5H3;6-9H,4-5H2,1-3H3;4-7H,1-3H3. The molecule has 0 radical (unpaired) electrons. The van der Waals surface area contributed by atoms with Crippen molar-refractivity contribution in [3.63, 3.8) is 0 Å². The maximum absolute atomic E-state index is 12.5. The SMILES string of the molecule is CCOC(=O)C(=NS(=O)(=O)c1ccc(C)cc1)C(=O)OCC.COC(=O)C(=NS(=O)(=O)c1ccc(C)cc1)C(=O)OC.Cc1ccc(S(=O)(=O)N=C(C(=O)OC(C)(C)C)C(=O)OC(C)(C)C)cc1.Cc1ccc(S(=O)(=O)N=C(C(=O)OC(C)C)C(=O)OC(C)C)cc1. The number of carbonyl (C=O) groups is 8. The Morgan fingerprint density at radius 1 is 0.348 bits per heavy atom. The van der Waals surface area contributed by atoms with Crippen molar-refractivity contribution in [3.8, 4) is 0 Å². The zero-order chi connectivity index (χ0) is 70.9. The molecule has 0 aliphatic rings. The van der Waals surface area contributed by atoms with Crippen LogP contribution in [0.3, 0.4) is 0 Å². The molecule has 0 fully saturated rings. The molecule has 0 saturated heterocycles. The molecule has 4 rings (SSSR count). The molecule has 0 spiro atoms. The molecule has 4 aromatic carbocycles. The summed E-state index contributed by atoms with van der Waals surface area (Å²) in [4.78, 5) is 94.3. The number of benzene rings is 4. The molecule has 0 heterocycles. The fourth-order valence-electron chi connectivity index (χ4n) is 5.95. The zero-order valence-electron chi connectivity index (χ0n) is 54.0. The third kappa shape index (κ3) is 28.5. The molecule has 0 unspecified atom stereocenters. The van der Waals surface area contributed by atoms with Gasteiger partial charge in [0.1, 0.15) is 11.2 Å². The first-order valence-corrected chi connectivity index (χ1v) is 33.1. The van der Waals surface area contributed by atoms with E-state index in [0.29, 0.717) is 0 Å². The number of sulfonamides is 4. The second-order valence-electron chi connectivity index (χ2n) is 21.2. The smallest absolute Gasteiger partial charge is 0.366 e. The fraction of sp³-hybridized carbons (Fsp3) is 0.400. The Morgan fingerprint density at radius 2 is 0.543 bits per heavy atom. The molecular formula is C60H76N4O24S4. The second-order valence-corrected chi connectivity index (χ2v) is 27.7. The summed E-state index contributed by atoms with van der Waals surface area (Å²) >= 11 is 0. The van der Waals surface area contributed by atoms with E-state index >= 15 is 0 Å². The molecule has 0 aliphatic carbocycles. The van der Waals surface area contributed by atoms with Gasteiger partial charge in [0.15, 0.2) is 0 Å². The summed E-state index contributed by atoms with van der Waals surface area (Å²) in [6.07, 6.45) is -1.09. The Bertz CT molecular complexity index is 3790. The Labute approximate surface area is 536 Å². The number of esters is 8. The lowest BCUT2D eigenvalue weighted by Crippen LogP contribution is -2.37. The molecule has 28 nitrogen and oxygen atoms in total. The van der Waals surface area contributed by atoms with Gasteiger partial charge in [0.05, 0.1) is 59.2 Å². The van der Waals surface area contributed by atoms with Gasteiger partial charge in [0.25, 0.3) is 40.1 Å². The first-order chi connectivity index (χ1) is 42.3. The molecule has 0 aromatic heterocycles. The number of ether oxygens (including phenoxy) is 8. The van der Waals surface area contributed by atoms with E-state index in [1.807, 2.05) is 0 Å². The Balaban J connectivity index is 0.000000616. The van der Waals surface area contributed by atoms with Crippen LogP contribution < -0.4 is 0 Å². The molecule has 4 aromatic rings. The van der Waals surface area contributed by atoms with Crippen LogP contribution in [0, 0.1) is 27.7 Å². The average molecular weight is 1370 g/mol. The molecule has 504 valence electrons. The highest BCUT2D eigenvalue weighted by molar-refractivity contribution is 7.91. The Hall–Kier alpha value is -8.88. The van der Waals surface area contributed by atoms with Crippen molar-refractivity contribution in [1.82, 2.24) is 0 Å². The summed E-state index contributed by atoms with van der Waals surface area (Å²) in [5.41, 5.74) is -2.11. The molecule has 0 atom stereocenters. The van der Waals surface area contributed by atoms with E-state index in [2.05, 4.69) is 36.5 Å². The van der Waals surface area contributed by atoms with Gasteiger partial charge in [-0.2, -0.15) is 33.7 Å². The van der Waals surface area contributed by atoms with Crippen LogP contribution in [0.25, 0.3) is 0 Å². The minimum Gasteiger partial charge on any atom is -0.464 e. The minimum absolute atomic E-state index is 0.0260. The first-order valence-electron chi connectivity index (χ1n) is 27.3. The minimum atomic E-state index is -4.29. The highest BCUT2D eigenvalue weighted by atomic mass is 32.2. The van der Waals surface area contributed by atoms with Crippen molar-refractivity contribution < 1.29 is 110 Å². The zero-order valence-corrected chi connectivity index (χ0v) is 57.3. The summed E-state index contributed by atoms with van der Waals surface area (Å²) in [6.45, 7) is 26.0. The van der Waals surface area contributed by atoms with E-state index in [1.54, 1.807) is 145 Å². The Kier molecular flexibility index (Phi) is 31.4. The molecule has 32 heteroatoms. The van der Waals surface area contributed by atoms with E-state index in [0.717, 1.165) is 36.5 Å². The van der Waals surface area contributed by atoms with Crippen molar-refractivity contribution in [2.45, 2.75) is 154 Å². The predicted molar refractivity (Wildman–Crippen MR) is 335 cm³/mol. The average Bonchev–Trinajstić information content (AvgIpc) is 0.846. The van der Waals surface area contributed by atoms with E-state index in [1.165, 1.54) is 62.4 Å². The van der Waals surface area contributed by atoms with Crippen molar-refractivity contribution >= 4 is 111 Å². The Morgan fingerprint density at radius 3 is 0.728 bits per heavy atom. The number of hydrogen-bond acceptors (Lipinski definition) is 24. The van der Waals surface area contributed by atoms with Crippen LogP contribution in [0.5, 0.6) is 0 Å². The lowest BCUT2D eigenvalue weighted by Gasteiger charge is -2.22. The highest BCUT2D eigenvalue weighted by Gasteiger charge is 2.35. The van der Waals surface area contributed by atoms with Gasteiger partial charge in [-0.1, -0.05) is 70.8 Å². The lowest BCUT2D eigenvalue weighted by molar-refractivity contribution is -0.152. The van der Waals surface area contributed by atoms with E-state index < -0.39 is 134 Å². The van der Waals surface area contributed by atoms with Crippen molar-refractivity contribution in [1.29, 1.82) is 0 Å². The third-order valence-electron chi connectivity index (χ3n) is 10.1. The van der Waals surface area contributed by atoms with Gasteiger partial charge >= 0.3 is 47.8 Å².